The van der Waals surface area contributed by atoms with Crippen LogP contribution >= 0.6 is 0 Å². The highest BCUT2D eigenvalue weighted by Gasteiger charge is 2.45. The van der Waals surface area contributed by atoms with E-state index in [9.17, 15) is 40.5 Å². The highest BCUT2D eigenvalue weighted by Crippen LogP contribution is 2.39. The molecule has 2 aliphatic rings. The molecule has 5 atom stereocenters. The lowest BCUT2D eigenvalue weighted by Gasteiger charge is -2.39. The van der Waals surface area contributed by atoms with Crippen LogP contribution in [0.2, 0.25) is 0 Å². The number of hydrogen-bond donors (Lipinski definition) is 7. The van der Waals surface area contributed by atoms with Crippen molar-refractivity contribution in [2.45, 2.75) is 37.3 Å². The van der Waals surface area contributed by atoms with E-state index in [1.165, 1.54) is 30.3 Å². The van der Waals surface area contributed by atoms with Gasteiger partial charge < -0.3 is 50.0 Å². The molecule has 0 radical (unpaired) electrons. The number of phenolic OH excluding ortho intramolecular Hbond substituents is 3. The van der Waals surface area contributed by atoms with E-state index in [4.69, 9.17) is 14.2 Å². The number of allylic oxidation sites excluding steroid dienone is 1. The minimum absolute atomic E-state index is 0.0467. The zero-order valence-electron chi connectivity index (χ0n) is 17.0. The van der Waals surface area contributed by atoms with Gasteiger partial charge in [-0.2, -0.15) is 0 Å². The lowest BCUT2D eigenvalue weighted by atomic mass is 9.99. The van der Waals surface area contributed by atoms with Crippen molar-refractivity contribution in [2.75, 3.05) is 6.61 Å². The number of benzene rings is 2. The van der Waals surface area contributed by atoms with Crippen LogP contribution in [0.5, 0.6) is 23.0 Å². The van der Waals surface area contributed by atoms with Crippen LogP contribution < -0.4 is 4.74 Å². The highest BCUT2D eigenvalue weighted by atomic mass is 16.7. The van der Waals surface area contributed by atoms with Crippen LogP contribution in [0.1, 0.15) is 21.5 Å². The van der Waals surface area contributed by atoms with Crippen molar-refractivity contribution in [3.63, 3.8) is 0 Å². The lowest BCUT2D eigenvalue weighted by molar-refractivity contribution is -0.277. The van der Waals surface area contributed by atoms with Gasteiger partial charge in [-0.05, 0) is 35.9 Å². The molecule has 0 unspecified atom stereocenters. The Bertz CT molecular complexity index is 1090. The molecule has 2 aromatic carbocycles. The van der Waals surface area contributed by atoms with Crippen LogP contribution in [-0.4, -0.2) is 78.8 Å². The van der Waals surface area contributed by atoms with Crippen LogP contribution in [-0.2, 0) is 16.1 Å². The Labute approximate surface area is 186 Å². The molecule has 0 bridgehead atoms. The first kappa shape index (κ1) is 22.8. The minimum atomic E-state index is -1.65. The summed E-state index contributed by atoms with van der Waals surface area (Å²) in [7, 11) is 0. The molecule has 2 aliphatic heterocycles. The first-order valence-electron chi connectivity index (χ1n) is 9.94. The number of phenols is 3. The van der Waals surface area contributed by atoms with Crippen LogP contribution in [0.4, 0.5) is 0 Å². The summed E-state index contributed by atoms with van der Waals surface area (Å²) < 4.78 is 16.2. The predicted octanol–water partition coefficient (Wildman–Crippen LogP) is -0.264. The number of Topliss-reactive ketones (excluding diaryl/α,β-unsaturated/α-hetero) is 1. The van der Waals surface area contributed by atoms with Crippen LogP contribution in [0, 0.1) is 0 Å². The molecule has 4 rings (SSSR count). The van der Waals surface area contributed by atoms with Gasteiger partial charge >= 0.3 is 0 Å². The maximum absolute atomic E-state index is 12.7. The van der Waals surface area contributed by atoms with Crippen LogP contribution in [0.25, 0.3) is 6.08 Å². The molecule has 176 valence electrons. The molecular weight excluding hydrogens is 440 g/mol. The van der Waals surface area contributed by atoms with Gasteiger partial charge in [0, 0.05) is 11.1 Å². The fourth-order valence-electron chi connectivity index (χ4n) is 3.57. The summed E-state index contributed by atoms with van der Waals surface area (Å²) in [4.78, 5) is 12.7. The van der Waals surface area contributed by atoms with E-state index in [-0.39, 0.29) is 40.7 Å². The zero-order chi connectivity index (χ0) is 23.9. The van der Waals surface area contributed by atoms with E-state index in [0.29, 0.717) is 5.56 Å². The number of hydrogen-bond acceptors (Lipinski definition) is 11. The normalized spacial score (nSPS) is 26.7. The van der Waals surface area contributed by atoms with Gasteiger partial charge in [0.2, 0.25) is 12.1 Å². The monoisotopic (exact) mass is 462 g/mol. The van der Waals surface area contributed by atoms with Gasteiger partial charge in [0.05, 0.1) is 6.61 Å². The van der Waals surface area contributed by atoms with Crippen molar-refractivity contribution < 1.29 is 54.8 Å². The maximum Gasteiger partial charge on any atom is 0.229 e. The van der Waals surface area contributed by atoms with E-state index in [2.05, 4.69) is 0 Å². The number of carbonyl (C=O) groups is 1. The largest absolute Gasteiger partial charge is 0.504 e. The molecule has 11 heteroatoms. The molecule has 33 heavy (non-hydrogen) atoms. The molecule has 2 heterocycles. The van der Waals surface area contributed by atoms with Gasteiger partial charge in [-0.3, -0.25) is 4.79 Å². The minimum Gasteiger partial charge on any atom is -0.504 e. The number of ether oxygens (including phenoxy) is 3. The van der Waals surface area contributed by atoms with Crippen LogP contribution in [0.3, 0.4) is 0 Å². The lowest BCUT2D eigenvalue weighted by Crippen LogP contribution is -2.60. The van der Waals surface area contributed by atoms with Gasteiger partial charge in [-0.25, -0.2) is 0 Å². The third-order valence-electron chi connectivity index (χ3n) is 5.49. The van der Waals surface area contributed by atoms with Crippen molar-refractivity contribution in [3.8, 4) is 23.0 Å². The highest BCUT2D eigenvalue weighted by molar-refractivity contribution is 6.10. The fourth-order valence-corrected chi connectivity index (χ4v) is 3.57. The molecule has 0 aliphatic carbocycles. The molecular formula is C22H22O11. The van der Waals surface area contributed by atoms with Gasteiger partial charge in [0.1, 0.15) is 31.0 Å². The number of carbonyl (C=O) groups excluding carboxylic acids is 1. The number of rotatable bonds is 5. The van der Waals surface area contributed by atoms with Crippen molar-refractivity contribution in [2.24, 2.45) is 0 Å². The Morgan fingerprint density at radius 3 is 2.45 bits per heavy atom. The Kier molecular flexibility index (Phi) is 6.15. The second-order valence-corrected chi connectivity index (χ2v) is 7.63. The summed E-state index contributed by atoms with van der Waals surface area (Å²) in [5, 5.41) is 68.8. The number of ketones is 1. The quantitative estimate of drug-likeness (QED) is 0.229. The number of fused-ring (bicyclic) bond motifs is 1. The molecule has 0 amide bonds. The summed E-state index contributed by atoms with van der Waals surface area (Å²) in [6.45, 7) is -0.829. The molecule has 11 nitrogen and oxygen atoms in total. The summed E-state index contributed by atoms with van der Waals surface area (Å²) >= 11 is 0. The molecule has 0 spiro atoms. The third kappa shape index (κ3) is 4.19. The van der Waals surface area contributed by atoms with Crippen molar-refractivity contribution in [1.82, 2.24) is 0 Å². The third-order valence-corrected chi connectivity index (χ3v) is 5.49. The van der Waals surface area contributed by atoms with Crippen molar-refractivity contribution in [1.29, 1.82) is 0 Å². The zero-order valence-corrected chi connectivity index (χ0v) is 17.0. The topological polar surface area (TPSA) is 186 Å². The Morgan fingerprint density at radius 2 is 1.76 bits per heavy atom. The number of aliphatic hydroxyl groups excluding tert-OH is 4. The van der Waals surface area contributed by atoms with E-state index in [0.717, 1.165) is 6.07 Å². The number of aromatic hydroxyl groups is 3. The predicted molar refractivity (Wildman–Crippen MR) is 109 cm³/mol. The molecule has 7 N–H and O–H groups in total. The van der Waals surface area contributed by atoms with E-state index in [1.54, 1.807) is 0 Å². The average molecular weight is 462 g/mol. The Balaban J connectivity index is 1.56. The average Bonchev–Trinajstić information content (AvgIpc) is 2.82. The van der Waals surface area contributed by atoms with Gasteiger partial charge in [0.25, 0.3) is 0 Å². The smallest absolute Gasteiger partial charge is 0.229 e. The molecule has 2 aromatic rings. The van der Waals surface area contributed by atoms with Gasteiger partial charge in [0.15, 0.2) is 28.8 Å². The summed E-state index contributed by atoms with van der Waals surface area (Å²) in [5.41, 5.74) is 0.820. The Morgan fingerprint density at radius 1 is 1.00 bits per heavy atom. The summed E-state index contributed by atoms with van der Waals surface area (Å²) in [5.74, 6) is -1.88. The SMILES string of the molecule is O=C(C1=Cc2ccc(O[C@H]3O[C@H](CO)[C@@H](O)[C@H](O)[C@H]3O)c(O)c2CO1)c1ccc(O)c(O)c1. The first-order chi connectivity index (χ1) is 15.7. The van der Waals surface area contributed by atoms with Gasteiger partial charge in [-0.15, -0.1) is 0 Å². The standard InChI is InChI=1S/C22H22O11/c23-7-16-19(28)20(29)21(30)22(33-16)32-14-4-2-9-6-15(31-8-11(9)18(14)27)17(26)10-1-3-12(24)13(25)5-10/h1-6,16,19-25,27-30H,7-8H2/t16-,19-,20+,21-,22+/m1/s1. The molecule has 1 fully saturated rings. The second kappa shape index (κ2) is 8.89. The van der Waals surface area contributed by atoms with E-state index < -0.39 is 48.8 Å². The fraction of sp³-hybridized carbons (Fsp3) is 0.318. The van der Waals surface area contributed by atoms with E-state index >= 15 is 0 Å². The van der Waals surface area contributed by atoms with Gasteiger partial charge in [-0.1, -0.05) is 6.07 Å². The van der Waals surface area contributed by atoms with Crippen LogP contribution in [0.15, 0.2) is 36.1 Å². The van der Waals surface area contributed by atoms with E-state index in [1.807, 2.05) is 0 Å². The van der Waals surface area contributed by atoms with Crippen molar-refractivity contribution >= 4 is 11.9 Å². The first-order valence-corrected chi connectivity index (χ1v) is 9.94. The molecule has 1 saturated heterocycles. The summed E-state index contributed by atoms with van der Waals surface area (Å²) in [6, 6.07) is 6.48. The molecule has 0 aromatic heterocycles. The maximum atomic E-state index is 12.7. The van der Waals surface area contributed by atoms with Crippen molar-refractivity contribution in [3.05, 3.63) is 52.8 Å². The Hall–Kier alpha value is -3.35. The summed E-state index contributed by atoms with van der Waals surface area (Å²) in [6.07, 6.45) is -6.11. The second-order valence-electron chi connectivity index (χ2n) is 7.63. The molecule has 0 saturated carbocycles. The number of aliphatic hydroxyl groups is 4.